The Balaban J connectivity index is 2.08. The summed E-state index contributed by atoms with van der Waals surface area (Å²) >= 11 is 7.21. The number of nitrogens with one attached hydrogen (secondary N) is 1. The SMILES string of the molecule is CCCNc1snnc1COc1cc([N+](=O)[O-])ccc1Cl. The molecule has 1 aromatic carbocycles. The molecular formula is C12H13ClN4O3S. The molecule has 0 bridgehead atoms. The van der Waals surface area contributed by atoms with Crippen LogP contribution in [0.2, 0.25) is 5.02 Å². The number of halogens is 1. The van der Waals surface area contributed by atoms with Crippen molar-refractivity contribution in [1.82, 2.24) is 9.59 Å². The van der Waals surface area contributed by atoms with E-state index >= 15 is 0 Å². The van der Waals surface area contributed by atoms with Crippen LogP contribution < -0.4 is 10.1 Å². The predicted molar refractivity (Wildman–Crippen MR) is 81.1 cm³/mol. The van der Waals surface area contributed by atoms with Crippen LogP contribution in [0, 0.1) is 10.1 Å². The van der Waals surface area contributed by atoms with Gasteiger partial charge in [0.15, 0.2) is 0 Å². The Morgan fingerprint density at radius 2 is 2.33 bits per heavy atom. The Labute approximate surface area is 130 Å². The van der Waals surface area contributed by atoms with Gasteiger partial charge < -0.3 is 10.1 Å². The second kappa shape index (κ2) is 7.19. The fourth-order valence-electron chi connectivity index (χ4n) is 1.54. The largest absolute Gasteiger partial charge is 0.485 e. The number of nitrogens with zero attached hydrogens (tertiary/aromatic N) is 3. The van der Waals surface area contributed by atoms with Crippen molar-refractivity contribution in [2.75, 3.05) is 11.9 Å². The van der Waals surface area contributed by atoms with E-state index in [9.17, 15) is 10.1 Å². The summed E-state index contributed by atoms with van der Waals surface area (Å²) in [6.45, 7) is 3.01. The highest BCUT2D eigenvalue weighted by molar-refractivity contribution is 7.10. The molecule has 9 heteroatoms. The summed E-state index contributed by atoms with van der Waals surface area (Å²) in [5, 5.41) is 19.1. The smallest absolute Gasteiger partial charge is 0.273 e. The highest BCUT2D eigenvalue weighted by Crippen LogP contribution is 2.30. The van der Waals surface area contributed by atoms with E-state index in [-0.39, 0.29) is 18.0 Å². The van der Waals surface area contributed by atoms with Crippen LogP contribution in [0.25, 0.3) is 0 Å². The second-order valence-corrected chi connectivity index (χ2v) is 5.30. The minimum Gasteiger partial charge on any atom is -0.485 e. The van der Waals surface area contributed by atoms with Crippen LogP contribution in [0.1, 0.15) is 19.0 Å². The van der Waals surface area contributed by atoms with Crippen molar-refractivity contribution in [2.24, 2.45) is 0 Å². The van der Waals surface area contributed by atoms with Crippen LogP contribution in [-0.4, -0.2) is 21.1 Å². The zero-order chi connectivity index (χ0) is 15.2. The van der Waals surface area contributed by atoms with Gasteiger partial charge in [0.05, 0.1) is 16.0 Å². The number of nitro groups is 1. The highest BCUT2D eigenvalue weighted by atomic mass is 35.5. The normalized spacial score (nSPS) is 10.4. The lowest BCUT2D eigenvalue weighted by Crippen LogP contribution is -2.04. The first-order valence-corrected chi connectivity index (χ1v) is 7.38. The molecule has 0 aliphatic heterocycles. The number of aromatic nitrogens is 2. The number of anilines is 1. The van der Waals surface area contributed by atoms with Gasteiger partial charge in [-0.15, -0.1) is 5.10 Å². The van der Waals surface area contributed by atoms with E-state index in [4.69, 9.17) is 16.3 Å². The summed E-state index contributed by atoms with van der Waals surface area (Å²) in [5.41, 5.74) is 0.575. The minimum absolute atomic E-state index is 0.0739. The molecule has 1 heterocycles. The summed E-state index contributed by atoms with van der Waals surface area (Å²) < 4.78 is 9.38. The molecular weight excluding hydrogens is 316 g/mol. The molecule has 1 N–H and O–H groups in total. The first kappa shape index (κ1) is 15.5. The van der Waals surface area contributed by atoms with Gasteiger partial charge in [-0.1, -0.05) is 23.0 Å². The van der Waals surface area contributed by atoms with Crippen LogP contribution in [0.5, 0.6) is 5.75 Å². The zero-order valence-corrected chi connectivity index (χ0v) is 12.8. The van der Waals surface area contributed by atoms with E-state index in [0.717, 1.165) is 18.0 Å². The number of hydrogen-bond donors (Lipinski definition) is 1. The Hall–Kier alpha value is -1.93. The van der Waals surface area contributed by atoms with Crippen molar-refractivity contribution in [3.8, 4) is 5.75 Å². The van der Waals surface area contributed by atoms with Crippen LogP contribution >= 0.6 is 23.1 Å². The lowest BCUT2D eigenvalue weighted by Gasteiger charge is -2.08. The fraction of sp³-hybridized carbons (Fsp3) is 0.333. The molecule has 0 fully saturated rings. The van der Waals surface area contributed by atoms with Crippen molar-refractivity contribution >= 4 is 33.8 Å². The van der Waals surface area contributed by atoms with Crippen molar-refractivity contribution in [2.45, 2.75) is 20.0 Å². The van der Waals surface area contributed by atoms with Gasteiger partial charge in [-0.25, -0.2) is 0 Å². The van der Waals surface area contributed by atoms with Gasteiger partial charge in [0.1, 0.15) is 23.1 Å². The summed E-state index contributed by atoms with van der Waals surface area (Å²) in [6.07, 6.45) is 0.981. The van der Waals surface area contributed by atoms with Crippen molar-refractivity contribution < 1.29 is 9.66 Å². The number of benzene rings is 1. The second-order valence-electron chi connectivity index (χ2n) is 4.14. The molecule has 21 heavy (non-hydrogen) atoms. The van der Waals surface area contributed by atoms with Crippen LogP contribution in [-0.2, 0) is 6.61 Å². The average Bonchev–Trinajstić information content (AvgIpc) is 2.91. The van der Waals surface area contributed by atoms with Crippen LogP contribution in [0.15, 0.2) is 18.2 Å². The molecule has 0 saturated heterocycles. The third kappa shape index (κ3) is 4.02. The first-order chi connectivity index (χ1) is 10.1. The number of rotatable bonds is 7. The molecule has 0 amide bonds. The molecule has 0 aliphatic carbocycles. The van der Waals surface area contributed by atoms with Gasteiger partial charge in [0, 0.05) is 24.1 Å². The standard InChI is InChI=1S/C12H13ClN4O3S/c1-2-5-14-12-10(15-16-21-12)7-20-11-6-8(17(18)19)3-4-9(11)13/h3-4,6,14H,2,5,7H2,1H3. The van der Waals surface area contributed by atoms with Gasteiger partial charge >= 0.3 is 0 Å². The zero-order valence-electron chi connectivity index (χ0n) is 11.2. The monoisotopic (exact) mass is 328 g/mol. The van der Waals surface area contributed by atoms with E-state index in [1.807, 2.05) is 0 Å². The van der Waals surface area contributed by atoms with E-state index < -0.39 is 4.92 Å². The highest BCUT2D eigenvalue weighted by Gasteiger charge is 2.13. The van der Waals surface area contributed by atoms with Gasteiger partial charge in [-0.3, -0.25) is 10.1 Å². The molecule has 0 unspecified atom stereocenters. The predicted octanol–water partition coefficient (Wildman–Crippen LogP) is 3.50. The van der Waals surface area contributed by atoms with Gasteiger partial charge in [-0.2, -0.15) is 0 Å². The van der Waals surface area contributed by atoms with Crippen LogP contribution in [0.4, 0.5) is 10.7 Å². The summed E-state index contributed by atoms with van der Waals surface area (Å²) in [6, 6.07) is 4.06. The lowest BCUT2D eigenvalue weighted by atomic mass is 10.3. The third-order valence-corrected chi connectivity index (χ3v) is 3.62. The van der Waals surface area contributed by atoms with E-state index in [0.29, 0.717) is 10.7 Å². The number of ether oxygens (including phenoxy) is 1. The topological polar surface area (TPSA) is 90.2 Å². The van der Waals surface area contributed by atoms with Crippen molar-refractivity contribution in [3.05, 3.63) is 39.0 Å². The number of nitro benzene ring substituents is 1. The molecule has 112 valence electrons. The lowest BCUT2D eigenvalue weighted by molar-refractivity contribution is -0.384. The third-order valence-electron chi connectivity index (χ3n) is 2.58. The Morgan fingerprint density at radius 1 is 1.52 bits per heavy atom. The molecule has 2 rings (SSSR count). The summed E-state index contributed by atoms with van der Waals surface area (Å²) in [4.78, 5) is 10.2. The number of non-ortho nitro benzene ring substituents is 1. The Morgan fingerprint density at radius 3 is 3.05 bits per heavy atom. The Kier molecular flexibility index (Phi) is 5.29. The molecule has 0 atom stereocenters. The van der Waals surface area contributed by atoms with Gasteiger partial charge in [-0.05, 0) is 12.5 Å². The van der Waals surface area contributed by atoms with Crippen LogP contribution in [0.3, 0.4) is 0 Å². The Bertz CT molecular complexity index is 635. The molecule has 1 aromatic heterocycles. The fourth-order valence-corrected chi connectivity index (χ4v) is 2.30. The molecule has 0 saturated carbocycles. The minimum atomic E-state index is -0.498. The van der Waals surface area contributed by atoms with E-state index in [1.54, 1.807) is 0 Å². The summed E-state index contributed by atoms with van der Waals surface area (Å²) in [5.74, 6) is 0.250. The maximum atomic E-state index is 10.7. The molecule has 0 radical (unpaired) electrons. The average molecular weight is 329 g/mol. The molecule has 0 spiro atoms. The maximum absolute atomic E-state index is 10.7. The quantitative estimate of drug-likeness (QED) is 0.618. The molecule has 7 nitrogen and oxygen atoms in total. The van der Waals surface area contributed by atoms with E-state index in [1.165, 1.54) is 29.7 Å². The van der Waals surface area contributed by atoms with Gasteiger partial charge in [0.2, 0.25) is 0 Å². The maximum Gasteiger partial charge on any atom is 0.273 e. The van der Waals surface area contributed by atoms with Gasteiger partial charge in [0.25, 0.3) is 5.69 Å². The van der Waals surface area contributed by atoms with E-state index in [2.05, 4.69) is 21.8 Å². The molecule has 2 aromatic rings. The first-order valence-electron chi connectivity index (χ1n) is 6.23. The summed E-state index contributed by atoms with van der Waals surface area (Å²) in [7, 11) is 0. The van der Waals surface area contributed by atoms with Crippen molar-refractivity contribution in [3.63, 3.8) is 0 Å². The number of hydrogen-bond acceptors (Lipinski definition) is 7. The molecule has 0 aliphatic rings. The van der Waals surface area contributed by atoms with Crippen molar-refractivity contribution in [1.29, 1.82) is 0 Å².